The van der Waals surface area contributed by atoms with E-state index in [0.29, 0.717) is 18.0 Å². The molecule has 1 aliphatic rings. The normalized spacial score (nSPS) is 17.8. The van der Waals surface area contributed by atoms with Gasteiger partial charge in [-0.2, -0.15) is 0 Å². The molecule has 1 fully saturated rings. The summed E-state index contributed by atoms with van der Waals surface area (Å²) in [7, 11) is 0. The van der Waals surface area contributed by atoms with Gasteiger partial charge in [-0.05, 0) is 51.7 Å². The van der Waals surface area contributed by atoms with E-state index in [1.54, 1.807) is 10.8 Å². The number of carbonyl (C=O) groups is 1. The first kappa shape index (κ1) is 14.0. The van der Waals surface area contributed by atoms with Crippen molar-refractivity contribution in [1.29, 1.82) is 0 Å². The highest BCUT2D eigenvalue weighted by atomic mass is 16.5. The Morgan fingerprint density at radius 2 is 2.16 bits per heavy atom. The van der Waals surface area contributed by atoms with Gasteiger partial charge in [-0.1, -0.05) is 6.07 Å². The molecule has 2 rings (SSSR count). The Morgan fingerprint density at radius 3 is 2.79 bits per heavy atom. The molecule has 0 aliphatic heterocycles. The fourth-order valence-electron chi connectivity index (χ4n) is 1.82. The van der Waals surface area contributed by atoms with E-state index in [1.165, 1.54) is 12.8 Å². The molecule has 1 atom stereocenters. The maximum Gasteiger partial charge on any atom is 0.261 e. The molecule has 4 nitrogen and oxygen atoms in total. The summed E-state index contributed by atoms with van der Waals surface area (Å²) in [5.41, 5.74) is 0.685. The molecule has 0 bridgehead atoms. The van der Waals surface area contributed by atoms with Crippen LogP contribution in [0, 0.1) is 5.92 Å². The Labute approximate surface area is 114 Å². The van der Waals surface area contributed by atoms with Crippen molar-refractivity contribution in [1.82, 2.24) is 4.57 Å². The SMILES string of the molecule is CC(C)N=c1ccccn1C(=O)C(C)OCC1CC1. The molecule has 104 valence electrons. The Morgan fingerprint density at radius 1 is 1.42 bits per heavy atom. The van der Waals surface area contributed by atoms with Crippen molar-refractivity contribution in [2.75, 3.05) is 6.61 Å². The van der Waals surface area contributed by atoms with Crippen LogP contribution >= 0.6 is 0 Å². The summed E-state index contributed by atoms with van der Waals surface area (Å²) in [4.78, 5) is 16.8. The number of pyridine rings is 1. The largest absolute Gasteiger partial charge is 0.368 e. The highest BCUT2D eigenvalue weighted by molar-refractivity contribution is 5.82. The van der Waals surface area contributed by atoms with Crippen molar-refractivity contribution >= 4 is 5.91 Å². The molecule has 4 heteroatoms. The first-order chi connectivity index (χ1) is 9.08. The molecule has 0 aromatic carbocycles. The van der Waals surface area contributed by atoms with E-state index in [1.807, 2.05) is 39.0 Å². The molecular weight excluding hydrogens is 240 g/mol. The van der Waals surface area contributed by atoms with Gasteiger partial charge in [0.15, 0.2) is 0 Å². The van der Waals surface area contributed by atoms with Crippen LogP contribution in [0.3, 0.4) is 0 Å². The maximum atomic E-state index is 12.4. The van der Waals surface area contributed by atoms with Gasteiger partial charge in [0.05, 0.1) is 6.61 Å². The number of ether oxygens (including phenoxy) is 1. The zero-order chi connectivity index (χ0) is 13.8. The molecule has 0 N–H and O–H groups in total. The smallest absolute Gasteiger partial charge is 0.261 e. The minimum absolute atomic E-state index is 0.0550. The van der Waals surface area contributed by atoms with Gasteiger partial charge < -0.3 is 4.74 Å². The molecule has 1 heterocycles. The first-order valence-electron chi connectivity index (χ1n) is 6.95. The zero-order valence-electron chi connectivity index (χ0n) is 11.9. The maximum absolute atomic E-state index is 12.4. The van der Waals surface area contributed by atoms with Crippen LogP contribution in [0.25, 0.3) is 0 Å². The van der Waals surface area contributed by atoms with Crippen LogP contribution in [0.1, 0.15) is 38.4 Å². The van der Waals surface area contributed by atoms with E-state index in [2.05, 4.69) is 4.99 Å². The van der Waals surface area contributed by atoms with Gasteiger partial charge >= 0.3 is 0 Å². The lowest BCUT2D eigenvalue weighted by Gasteiger charge is -2.14. The predicted octanol–water partition coefficient (Wildman–Crippen LogP) is 2.25. The first-order valence-corrected chi connectivity index (χ1v) is 6.95. The van der Waals surface area contributed by atoms with Crippen molar-refractivity contribution in [3.63, 3.8) is 0 Å². The highest BCUT2D eigenvalue weighted by Crippen LogP contribution is 2.29. The fraction of sp³-hybridized carbons (Fsp3) is 0.600. The Hall–Kier alpha value is -1.42. The van der Waals surface area contributed by atoms with Crippen molar-refractivity contribution in [2.24, 2.45) is 10.9 Å². The predicted molar refractivity (Wildman–Crippen MR) is 73.9 cm³/mol. The summed E-state index contributed by atoms with van der Waals surface area (Å²) >= 11 is 0. The second-order valence-corrected chi connectivity index (χ2v) is 5.41. The Kier molecular flexibility index (Phi) is 4.53. The number of rotatable bonds is 5. The molecular formula is C15H22N2O2. The standard InChI is InChI=1S/C15H22N2O2/c1-11(2)16-14-6-4-5-9-17(14)15(18)12(3)19-10-13-7-8-13/h4-6,9,11-13H,7-8,10H2,1-3H3. The van der Waals surface area contributed by atoms with Crippen LogP contribution in [0.15, 0.2) is 29.4 Å². The third-order valence-corrected chi connectivity index (χ3v) is 3.09. The van der Waals surface area contributed by atoms with Gasteiger partial charge in [-0.25, -0.2) is 0 Å². The van der Waals surface area contributed by atoms with E-state index in [0.717, 1.165) is 0 Å². The van der Waals surface area contributed by atoms with Gasteiger partial charge in [-0.15, -0.1) is 0 Å². The molecule has 0 amide bonds. The van der Waals surface area contributed by atoms with Crippen LogP contribution in [0.2, 0.25) is 0 Å². The number of hydrogen-bond donors (Lipinski definition) is 0. The van der Waals surface area contributed by atoms with E-state index in [-0.39, 0.29) is 11.9 Å². The van der Waals surface area contributed by atoms with Crippen molar-refractivity contribution in [3.05, 3.63) is 29.9 Å². The van der Waals surface area contributed by atoms with Gasteiger partial charge in [0.1, 0.15) is 11.6 Å². The van der Waals surface area contributed by atoms with Crippen LogP contribution in [0.5, 0.6) is 0 Å². The molecule has 1 aromatic rings. The Bertz CT molecular complexity index is 501. The van der Waals surface area contributed by atoms with E-state index >= 15 is 0 Å². The quantitative estimate of drug-likeness (QED) is 0.817. The van der Waals surface area contributed by atoms with E-state index < -0.39 is 6.10 Å². The van der Waals surface area contributed by atoms with E-state index in [4.69, 9.17) is 4.74 Å². The summed E-state index contributed by atoms with van der Waals surface area (Å²) in [6.07, 6.45) is 3.79. The minimum Gasteiger partial charge on any atom is -0.368 e. The lowest BCUT2D eigenvalue weighted by molar-refractivity contribution is 0.0358. The zero-order valence-corrected chi connectivity index (χ0v) is 11.9. The number of hydrogen-bond acceptors (Lipinski definition) is 3. The lowest BCUT2D eigenvalue weighted by atomic mass is 10.3. The number of carbonyl (C=O) groups excluding carboxylic acids is 1. The highest BCUT2D eigenvalue weighted by Gasteiger charge is 2.24. The van der Waals surface area contributed by atoms with E-state index in [9.17, 15) is 4.79 Å². The van der Waals surface area contributed by atoms with Gasteiger partial charge in [0, 0.05) is 12.2 Å². The molecule has 1 aliphatic carbocycles. The van der Waals surface area contributed by atoms with Crippen LogP contribution in [-0.4, -0.2) is 29.2 Å². The fourth-order valence-corrected chi connectivity index (χ4v) is 1.82. The third kappa shape index (κ3) is 4.03. The van der Waals surface area contributed by atoms with Gasteiger partial charge in [0.25, 0.3) is 5.91 Å². The molecule has 1 aromatic heterocycles. The minimum atomic E-state index is -0.422. The summed E-state index contributed by atoms with van der Waals surface area (Å²) < 4.78 is 7.21. The topological polar surface area (TPSA) is 43.6 Å². The van der Waals surface area contributed by atoms with Crippen LogP contribution < -0.4 is 5.49 Å². The average molecular weight is 262 g/mol. The number of nitrogens with zero attached hydrogens (tertiary/aromatic N) is 2. The number of aromatic nitrogens is 1. The van der Waals surface area contributed by atoms with Crippen molar-refractivity contribution in [3.8, 4) is 0 Å². The summed E-state index contributed by atoms with van der Waals surface area (Å²) in [6, 6.07) is 5.74. The monoisotopic (exact) mass is 262 g/mol. The average Bonchev–Trinajstić information content (AvgIpc) is 3.19. The molecule has 1 saturated carbocycles. The van der Waals surface area contributed by atoms with Gasteiger partial charge in [-0.3, -0.25) is 14.4 Å². The summed E-state index contributed by atoms with van der Waals surface area (Å²) in [5, 5.41) is 0. The second kappa shape index (κ2) is 6.15. The second-order valence-electron chi connectivity index (χ2n) is 5.41. The molecule has 1 unspecified atom stereocenters. The van der Waals surface area contributed by atoms with Crippen LogP contribution in [-0.2, 0) is 4.74 Å². The molecule has 0 radical (unpaired) electrons. The molecule has 0 saturated heterocycles. The summed E-state index contributed by atoms with van der Waals surface area (Å²) in [5.74, 6) is 0.608. The van der Waals surface area contributed by atoms with Crippen molar-refractivity contribution in [2.45, 2.75) is 45.8 Å². The third-order valence-electron chi connectivity index (χ3n) is 3.09. The van der Waals surface area contributed by atoms with Gasteiger partial charge in [0.2, 0.25) is 0 Å². The molecule has 0 spiro atoms. The van der Waals surface area contributed by atoms with Crippen molar-refractivity contribution < 1.29 is 9.53 Å². The molecule has 19 heavy (non-hydrogen) atoms. The Balaban J connectivity index is 2.13. The lowest BCUT2D eigenvalue weighted by Crippen LogP contribution is -2.35. The van der Waals surface area contributed by atoms with Crippen LogP contribution in [0.4, 0.5) is 0 Å². The summed E-state index contributed by atoms with van der Waals surface area (Å²) in [6.45, 7) is 6.49.